The highest BCUT2D eigenvalue weighted by molar-refractivity contribution is 6.83. The van der Waals surface area contributed by atoms with E-state index in [1.165, 1.54) is 5.69 Å². The molecular formula is C13H19NSi. The van der Waals surface area contributed by atoms with E-state index in [1.54, 1.807) is 0 Å². The minimum absolute atomic E-state index is 0.932. The van der Waals surface area contributed by atoms with Crippen LogP contribution in [0.15, 0.2) is 30.3 Å². The first-order chi connectivity index (χ1) is 7.03. The van der Waals surface area contributed by atoms with Gasteiger partial charge in [-0.05, 0) is 19.1 Å². The van der Waals surface area contributed by atoms with Crippen molar-refractivity contribution in [3.63, 3.8) is 0 Å². The van der Waals surface area contributed by atoms with Gasteiger partial charge in [0.2, 0.25) is 0 Å². The van der Waals surface area contributed by atoms with Gasteiger partial charge in [0.15, 0.2) is 0 Å². The minimum atomic E-state index is -1.27. The molecule has 0 aliphatic heterocycles. The molecule has 0 atom stereocenters. The van der Waals surface area contributed by atoms with Crippen LogP contribution in [0.5, 0.6) is 0 Å². The number of hydrogen-bond donors (Lipinski definition) is 0. The molecule has 0 aromatic heterocycles. The van der Waals surface area contributed by atoms with Crippen molar-refractivity contribution in [1.29, 1.82) is 0 Å². The Morgan fingerprint density at radius 2 is 1.73 bits per heavy atom. The van der Waals surface area contributed by atoms with Crippen LogP contribution in [0, 0.1) is 11.6 Å². The summed E-state index contributed by atoms with van der Waals surface area (Å²) in [6.45, 7) is 9.85. The van der Waals surface area contributed by atoms with Crippen molar-refractivity contribution in [2.24, 2.45) is 0 Å². The summed E-state index contributed by atoms with van der Waals surface area (Å²) in [7, 11) is -1.27. The molecule has 0 saturated heterocycles. The Kier molecular flexibility index (Phi) is 3.99. The molecule has 1 nitrogen and oxygen atoms in total. The van der Waals surface area contributed by atoms with Crippen LogP contribution in [-0.4, -0.2) is 14.6 Å². The quantitative estimate of drug-likeness (QED) is 0.417. The molecule has 0 bridgehead atoms. The van der Waals surface area contributed by atoms with Crippen LogP contribution in [0.2, 0.25) is 19.6 Å². The zero-order chi connectivity index (χ0) is 11.3. The second-order valence-corrected chi connectivity index (χ2v) is 9.32. The topological polar surface area (TPSA) is 3.24 Å². The van der Waals surface area contributed by atoms with E-state index >= 15 is 0 Å². The van der Waals surface area contributed by atoms with Gasteiger partial charge in [-0.15, -0.1) is 5.54 Å². The van der Waals surface area contributed by atoms with Crippen molar-refractivity contribution in [1.82, 2.24) is 0 Å². The Morgan fingerprint density at radius 1 is 1.13 bits per heavy atom. The summed E-state index contributed by atoms with van der Waals surface area (Å²) in [5, 5.41) is 0. The predicted molar refractivity (Wildman–Crippen MR) is 70.6 cm³/mol. The maximum atomic E-state index is 3.39. The highest BCUT2D eigenvalue weighted by Crippen LogP contribution is 2.11. The zero-order valence-corrected chi connectivity index (χ0v) is 11.0. The summed E-state index contributed by atoms with van der Waals surface area (Å²) >= 11 is 0. The van der Waals surface area contributed by atoms with Gasteiger partial charge in [0.25, 0.3) is 0 Å². The van der Waals surface area contributed by atoms with Gasteiger partial charge in [0, 0.05) is 18.3 Å². The molecule has 0 aliphatic carbocycles. The van der Waals surface area contributed by atoms with Crippen molar-refractivity contribution in [2.45, 2.75) is 26.6 Å². The Hall–Kier alpha value is -1.20. The first-order valence-corrected chi connectivity index (χ1v) is 8.88. The third-order valence-corrected chi connectivity index (χ3v) is 2.81. The fraction of sp³-hybridized carbons (Fsp3) is 0.385. The van der Waals surface area contributed by atoms with E-state index < -0.39 is 8.07 Å². The minimum Gasteiger partial charge on any atom is -0.302 e. The lowest BCUT2D eigenvalue weighted by Crippen LogP contribution is -2.21. The molecule has 2 heteroatoms. The average molecular weight is 217 g/mol. The Balaban J connectivity index is 2.85. The average Bonchev–Trinajstić information content (AvgIpc) is 2.19. The molecule has 0 fully saturated rings. The van der Waals surface area contributed by atoms with Crippen LogP contribution >= 0.6 is 0 Å². The summed E-state index contributed by atoms with van der Waals surface area (Å²) in [6.07, 6.45) is 0. The van der Waals surface area contributed by atoms with Gasteiger partial charge in [0.1, 0.15) is 8.07 Å². The summed E-state index contributed by atoms with van der Waals surface area (Å²) < 4.78 is 0. The van der Waals surface area contributed by atoms with Gasteiger partial charge in [-0.3, -0.25) is 0 Å². The standard InChI is InChI=1S/C13H19NSi/c1-5-14(11-12-15(2,3)4)13-9-7-6-8-10-13/h6-10H,5H2,1-4H3. The largest absolute Gasteiger partial charge is 0.302 e. The highest BCUT2D eigenvalue weighted by Gasteiger charge is 2.08. The van der Waals surface area contributed by atoms with E-state index in [2.05, 4.69) is 55.2 Å². The molecule has 0 radical (unpaired) electrons. The predicted octanol–water partition coefficient (Wildman–Crippen LogP) is 3.35. The van der Waals surface area contributed by atoms with Gasteiger partial charge in [-0.1, -0.05) is 37.8 Å². The molecule has 80 valence electrons. The van der Waals surface area contributed by atoms with Crippen molar-refractivity contribution in [3.8, 4) is 11.6 Å². The molecule has 0 spiro atoms. The summed E-state index contributed by atoms with van der Waals surface area (Å²) in [4.78, 5) is 2.11. The monoisotopic (exact) mass is 217 g/mol. The number of benzene rings is 1. The van der Waals surface area contributed by atoms with E-state index in [0.29, 0.717) is 0 Å². The number of anilines is 1. The Bertz CT molecular complexity index is 354. The third kappa shape index (κ3) is 4.22. The molecule has 0 heterocycles. The van der Waals surface area contributed by atoms with Crippen LogP contribution in [0.25, 0.3) is 0 Å². The van der Waals surface area contributed by atoms with Crippen LogP contribution < -0.4 is 4.90 Å². The van der Waals surface area contributed by atoms with Gasteiger partial charge in [0.05, 0.1) is 0 Å². The van der Waals surface area contributed by atoms with Crippen LogP contribution in [0.4, 0.5) is 5.69 Å². The first kappa shape index (κ1) is 11.9. The van der Waals surface area contributed by atoms with Crippen molar-refractivity contribution in [2.75, 3.05) is 11.4 Å². The second kappa shape index (κ2) is 5.04. The lowest BCUT2D eigenvalue weighted by molar-refractivity contribution is 1.04. The van der Waals surface area contributed by atoms with Gasteiger partial charge >= 0.3 is 0 Å². The van der Waals surface area contributed by atoms with Gasteiger partial charge < -0.3 is 4.90 Å². The van der Waals surface area contributed by atoms with Crippen molar-refractivity contribution >= 4 is 13.8 Å². The van der Waals surface area contributed by atoms with Gasteiger partial charge in [-0.25, -0.2) is 0 Å². The van der Waals surface area contributed by atoms with Crippen molar-refractivity contribution in [3.05, 3.63) is 30.3 Å². The number of para-hydroxylation sites is 1. The SMILES string of the molecule is CCN(C#C[Si](C)(C)C)c1ccccc1. The molecular weight excluding hydrogens is 198 g/mol. The molecule has 1 aromatic rings. The zero-order valence-electron chi connectivity index (χ0n) is 10.0. The highest BCUT2D eigenvalue weighted by atomic mass is 28.3. The van der Waals surface area contributed by atoms with Gasteiger partial charge in [-0.2, -0.15) is 0 Å². The molecule has 0 amide bonds. The fourth-order valence-corrected chi connectivity index (χ4v) is 1.64. The summed E-state index contributed by atoms with van der Waals surface area (Å²) in [5.74, 6) is 0. The fourth-order valence-electron chi connectivity index (χ4n) is 1.17. The molecule has 1 aromatic carbocycles. The van der Waals surface area contributed by atoms with E-state index in [1.807, 2.05) is 18.2 Å². The van der Waals surface area contributed by atoms with E-state index in [-0.39, 0.29) is 0 Å². The lowest BCUT2D eigenvalue weighted by atomic mass is 10.3. The third-order valence-electron chi connectivity index (χ3n) is 1.95. The molecule has 0 saturated carbocycles. The number of nitrogens with zero attached hydrogens (tertiary/aromatic N) is 1. The Labute approximate surface area is 94.1 Å². The molecule has 0 unspecified atom stereocenters. The maximum Gasteiger partial charge on any atom is 0.131 e. The normalized spacial score (nSPS) is 10.4. The van der Waals surface area contributed by atoms with E-state index in [9.17, 15) is 0 Å². The smallest absolute Gasteiger partial charge is 0.131 e. The van der Waals surface area contributed by atoms with Crippen LogP contribution in [-0.2, 0) is 0 Å². The van der Waals surface area contributed by atoms with E-state index in [0.717, 1.165) is 6.54 Å². The molecule has 15 heavy (non-hydrogen) atoms. The summed E-state index contributed by atoms with van der Waals surface area (Å²) in [6, 6.07) is 13.6. The first-order valence-electron chi connectivity index (χ1n) is 5.38. The van der Waals surface area contributed by atoms with Crippen molar-refractivity contribution < 1.29 is 0 Å². The summed E-state index contributed by atoms with van der Waals surface area (Å²) in [5.41, 5.74) is 4.57. The molecule has 1 rings (SSSR count). The maximum absolute atomic E-state index is 3.39. The molecule has 0 N–H and O–H groups in total. The number of rotatable bonds is 2. The van der Waals surface area contributed by atoms with E-state index in [4.69, 9.17) is 0 Å². The van der Waals surface area contributed by atoms with Crippen LogP contribution in [0.1, 0.15) is 6.92 Å². The Morgan fingerprint density at radius 3 is 2.20 bits per heavy atom. The molecule has 0 aliphatic rings. The van der Waals surface area contributed by atoms with Crippen LogP contribution in [0.3, 0.4) is 0 Å². The number of hydrogen-bond acceptors (Lipinski definition) is 1. The lowest BCUT2D eigenvalue weighted by Gasteiger charge is -2.16. The second-order valence-electron chi connectivity index (χ2n) is 4.57.